The normalized spacial score (nSPS) is 28.5. The fraction of sp³-hybridized carbons (Fsp3) is 0.632. The number of aliphatic hydroxyl groups excluding tert-OH is 1. The van der Waals surface area contributed by atoms with Crippen molar-refractivity contribution in [3.8, 4) is 11.8 Å². The number of pyridine rings is 1. The molecule has 2 heterocycles. The van der Waals surface area contributed by atoms with Crippen LogP contribution >= 0.6 is 11.6 Å². The highest BCUT2D eigenvalue weighted by molar-refractivity contribution is 6.29. The van der Waals surface area contributed by atoms with E-state index in [1.807, 2.05) is 0 Å². The molecule has 1 saturated heterocycles. The Morgan fingerprint density at radius 2 is 2.00 bits per heavy atom. The van der Waals surface area contributed by atoms with Gasteiger partial charge < -0.3 is 15.2 Å². The predicted molar refractivity (Wildman–Crippen MR) is 96.5 cm³/mol. The Labute approximate surface area is 161 Å². The van der Waals surface area contributed by atoms with Crippen LogP contribution in [0, 0.1) is 23.7 Å². The van der Waals surface area contributed by atoms with Crippen LogP contribution in [0.5, 0.6) is 0 Å². The minimum Gasteiger partial charge on any atom is -0.396 e. The Morgan fingerprint density at radius 1 is 1.26 bits per heavy atom. The molecule has 27 heavy (non-hydrogen) atoms. The number of rotatable bonds is 3. The molecule has 0 spiro atoms. The van der Waals surface area contributed by atoms with Crippen LogP contribution in [0.2, 0.25) is 5.15 Å². The number of hydrogen-bond acceptors (Lipinski definition) is 4. The van der Waals surface area contributed by atoms with Gasteiger partial charge in [0.1, 0.15) is 5.15 Å². The lowest BCUT2D eigenvalue weighted by Gasteiger charge is -2.29. The summed E-state index contributed by atoms with van der Waals surface area (Å²) in [4.78, 5) is 4.01. The Balaban J connectivity index is 1.73. The molecule has 1 aliphatic carbocycles. The summed E-state index contributed by atoms with van der Waals surface area (Å²) in [6.07, 6.45) is -0.839. The number of nitrogens with zero attached hydrogens (tertiary/aromatic N) is 1. The van der Waals surface area contributed by atoms with Crippen molar-refractivity contribution in [1.29, 1.82) is 0 Å². The van der Waals surface area contributed by atoms with Gasteiger partial charge in [0.25, 0.3) is 0 Å². The summed E-state index contributed by atoms with van der Waals surface area (Å²) in [5.74, 6) is 5.01. The van der Waals surface area contributed by atoms with Gasteiger partial charge in [-0.15, -0.1) is 0 Å². The number of anilines is 1. The lowest BCUT2D eigenvalue weighted by molar-refractivity contribution is -0.212. The number of hydrogen-bond donors (Lipinski definition) is 2. The largest absolute Gasteiger partial charge is 0.415 e. The second kappa shape index (κ2) is 8.68. The van der Waals surface area contributed by atoms with E-state index >= 15 is 0 Å². The van der Waals surface area contributed by atoms with Gasteiger partial charge in [0.2, 0.25) is 0 Å². The van der Waals surface area contributed by atoms with E-state index in [0.717, 1.165) is 25.7 Å². The topological polar surface area (TPSA) is 54.4 Å². The summed E-state index contributed by atoms with van der Waals surface area (Å²) in [6, 6.07) is 1.86. The summed E-state index contributed by atoms with van der Waals surface area (Å²) >= 11 is 5.99. The maximum Gasteiger partial charge on any atom is 0.415 e. The van der Waals surface area contributed by atoms with Crippen LogP contribution in [-0.4, -0.2) is 41.6 Å². The highest BCUT2D eigenvalue weighted by Gasteiger charge is 2.48. The van der Waals surface area contributed by atoms with Gasteiger partial charge in [-0.3, -0.25) is 0 Å². The highest BCUT2D eigenvalue weighted by Crippen LogP contribution is 2.34. The quantitative estimate of drug-likeness (QED) is 0.592. The van der Waals surface area contributed by atoms with Crippen LogP contribution in [0.25, 0.3) is 0 Å². The molecule has 2 atom stereocenters. The molecule has 2 aliphatic rings. The minimum atomic E-state index is -4.42. The maximum absolute atomic E-state index is 13.0. The average Bonchev–Trinajstić information content (AvgIpc) is 3.11. The molecule has 0 amide bonds. The third-order valence-electron chi connectivity index (χ3n) is 5.14. The molecule has 0 radical (unpaired) electrons. The molecule has 4 nitrogen and oxygen atoms in total. The zero-order valence-electron chi connectivity index (χ0n) is 14.7. The van der Waals surface area contributed by atoms with Gasteiger partial charge >= 0.3 is 6.18 Å². The lowest BCUT2D eigenvalue weighted by atomic mass is 9.86. The Kier molecular flexibility index (Phi) is 6.51. The summed E-state index contributed by atoms with van der Waals surface area (Å²) in [6.45, 7) is 0.260. The predicted octanol–water partition coefficient (Wildman–Crippen LogP) is 4.02. The van der Waals surface area contributed by atoms with Crippen molar-refractivity contribution < 1.29 is 23.0 Å². The SMILES string of the molecule is OCC1CCC(Nc2cc(Cl)ncc2C#C[C@H]2CCO[C@H]2C(F)(F)F)CC1. The van der Waals surface area contributed by atoms with Crippen LogP contribution in [0.4, 0.5) is 18.9 Å². The second-order valence-corrected chi connectivity index (χ2v) is 7.48. The van der Waals surface area contributed by atoms with Crippen molar-refractivity contribution in [1.82, 2.24) is 4.98 Å². The van der Waals surface area contributed by atoms with E-state index in [9.17, 15) is 18.3 Å². The van der Waals surface area contributed by atoms with Gasteiger partial charge in [-0.05, 0) is 44.1 Å². The lowest BCUT2D eigenvalue weighted by Crippen LogP contribution is -2.33. The fourth-order valence-corrected chi connectivity index (χ4v) is 3.75. The summed E-state index contributed by atoms with van der Waals surface area (Å²) in [7, 11) is 0. The van der Waals surface area contributed by atoms with Gasteiger partial charge in [0.05, 0.1) is 17.2 Å². The summed E-state index contributed by atoms with van der Waals surface area (Å²) in [5, 5.41) is 12.9. The van der Waals surface area contributed by atoms with Crippen LogP contribution in [-0.2, 0) is 4.74 Å². The molecule has 148 valence electrons. The van der Waals surface area contributed by atoms with Crippen LogP contribution in [0.3, 0.4) is 0 Å². The third kappa shape index (κ3) is 5.28. The summed E-state index contributed by atoms with van der Waals surface area (Å²) in [5.41, 5.74) is 1.20. The second-order valence-electron chi connectivity index (χ2n) is 7.09. The third-order valence-corrected chi connectivity index (χ3v) is 5.35. The molecular formula is C19H22ClF3N2O2. The average molecular weight is 403 g/mol. The fourth-order valence-electron chi connectivity index (χ4n) is 3.59. The van der Waals surface area contributed by atoms with Crippen molar-refractivity contribution in [3.05, 3.63) is 23.0 Å². The molecule has 1 aliphatic heterocycles. The standard InChI is InChI=1S/C19H22ClF3N2O2/c20-17-9-16(25-15-5-1-12(11-26)2-6-15)14(10-24-17)4-3-13-7-8-27-18(13)19(21,22)23/h9-10,12-13,15,18,26H,1-2,5-8,11H2,(H,24,25)/t12?,13-,15?,18+/m0/s1. The Morgan fingerprint density at radius 3 is 2.67 bits per heavy atom. The first-order valence-electron chi connectivity index (χ1n) is 9.09. The maximum atomic E-state index is 13.0. The van der Waals surface area contributed by atoms with Crippen molar-refractivity contribution in [2.24, 2.45) is 11.8 Å². The molecular weight excluding hydrogens is 381 g/mol. The van der Waals surface area contributed by atoms with E-state index < -0.39 is 18.2 Å². The van der Waals surface area contributed by atoms with E-state index in [1.165, 1.54) is 6.20 Å². The number of alkyl halides is 3. The van der Waals surface area contributed by atoms with Crippen molar-refractivity contribution in [3.63, 3.8) is 0 Å². The van der Waals surface area contributed by atoms with E-state index in [0.29, 0.717) is 22.3 Å². The minimum absolute atomic E-state index is 0.0571. The van der Waals surface area contributed by atoms with Gasteiger partial charge in [0.15, 0.2) is 6.10 Å². The highest BCUT2D eigenvalue weighted by atomic mass is 35.5. The van der Waals surface area contributed by atoms with Crippen molar-refractivity contribution in [2.75, 3.05) is 18.5 Å². The number of aliphatic hydroxyl groups is 1. The molecule has 0 aromatic carbocycles. The van der Waals surface area contributed by atoms with Crippen LogP contribution in [0.15, 0.2) is 12.3 Å². The first-order chi connectivity index (χ1) is 12.9. The molecule has 1 aromatic heterocycles. The van der Waals surface area contributed by atoms with Gasteiger partial charge in [-0.1, -0.05) is 23.4 Å². The zero-order valence-corrected chi connectivity index (χ0v) is 15.5. The molecule has 1 saturated carbocycles. The smallest absolute Gasteiger partial charge is 0.396 e. The van der Waals surface area contributed by atoms with Gasteiger partial charge in [-0.2, -0.15) is 13.2 Å². The molecule has 1 aromatic rings. The molecule has 8 heteroatoms. The van der Waals surface area contributed by atoms with Crippen molar-refractivity contribution in [2.45, 2.75) is 50.4 Å². The molecule has 3 rings (SSSR count). The van der Waals surface area contributed by atoms with E-state index in [1.54, 1.807) is 6.07 Å². The molecule has 2 fully saturated rings. The Hall–Kier alpha value is -1.49. The monoisotopic (exact) mass is 402 g/mol. The number of halogens is 4. The molecule has 0 unspecified atom stereocenters. The number of aromatic nitrogens is 1. The van der Waals surface area contributed by atoms with E-state index in [4.69, 9.17) is 16.3 Å². The first kappa shape index (κ1) is 20.2. The number of ether oxygens (including phenoxy) is 1. The van der Waals surface area contributed by atoms with E-state index in [-0.39, 0.29) is 25.7 Å². The first-order valence-corrected chi connectivity index (χ1v) is 9.47. The summed E-state index contributed by atoms with van der Waals surface area (Å²) < 4.78 is 43.8. The zero-order chi connectivity index (χ0) is 19.4. The Bertz CT molecular complexity index is 709. The van der Waals surface area contributed by atoms with Crippen LogP contribution < -0.4 is 5.32 Å². The molecule has 0 bridgehead atoms. The van der Waals surface area contributed by atoms with Gasteiger partial charge in [0, 0.05) is 25.5 Å². The van der Waals surface area contributed by atoms with Crippen molar-refractivity contribution >= 4 is 17.3 Å². The van der Waals surface area contributed by atoms with Gasteiger partial charge in [-0.25, -0.2) is 4.98 Å². The number of nitrogens with one attached hydrogen (secondary N) is 1. The van der Waals surface area contributed by atoms with E-state index in [2.05, 4.69) is 22.1 Å². The molecule has 2 N–H and O–H groups in total. The van der Waals surface area contributed by atoms with Crippen LogP contribution in [0.1, 0.15) is 37.7 Å².